The lowest BCUT2D eigenvalue weighted by atomic mass is 10.1. The van der Waals surface area contributed by atoms with Gasteiger partial charge < -0.3 is 5.73 Å². The molecule has 1 heterocycles. The Balaban J connectivity index is 2.25. The van der Waals surface area contributed by atoms with Crippen LogP contribution in [-0.2, 0) is 16.6 Å². The quantitative estimate of drug-likeness (QED) is 0.919. The zero-order chi connectivity index (χ0) is 15.5. The van der Waals surface area contributed by atoms with E-state index in [0.717, 1.165) is 5.56 Å². The van der Waals surface area contributed by atoms with Crippen LogP contribution in [-0.4, -0.2) is 24.8 Å². The van der Waals surface area contributed by atoms with E-state index in [0.29, 0.717) is 5.56 Å². The van der Waals surface area contributed by atoms with Crippen LogP contribution >= 0.6 is 0 Å². The van der Waals surface area contributed by atoms with Crippen LogP contribution in [0.4, 0.5) is 5.82 Å². The molecule has 0 aliphatic rings. The Kier molecular flexibility index (Phi) is 4.21. The maximum Gasteiger partial charge on any atom is 0.246 e. The molecule has 2 rings (SSSR count). The first-order chi connectivity index (χ1) is 9.95. The number of aromatic nitrogens is 1. The van der Waals surface area contributed by atoms with Crippen molar-refractivity contribution in [1.82, 2.24) is 9.29 Å². The zero-order valence-corrected chi connectivity index (χ0v) is 12.2. The maximum atomic E-state index is 12.4. The van der Waals surface area contributed by atoms with Crippen LogP contribution in [0.25, 0.3) is 0 Å². The molecule has 0 spiro atoms. The predicted molar refractivity (Wildman–Crippen MR) is 78.5 cm³/mol. The van der Waals surface area contributed by atoms with Crippen molar-refractivity contribution in [2.24, 2.45) is 0 Å². The fourth-order valence-electron chi connectivity index (χ4n) is 1.82. The van der Waals surface area contributed by atoms with E-state index in [1.54, 1.807) is 24.3 Å². The van der Waals surface area contributed by atoms with Crippen molar-refractivity contribution < 1.29 is 8.42 Å². The van der Waals surface area contributed by atoms with Crippen molar-refractivity contribution in [3.63, 3.8) is 0 Å². The number of nitrogen functional groups attached to an aromatic ring is 1. The molecule has 0 radical (unpaired) electrons. The average Bonchev–Trinajstić information content (AvgIpc) is 2.48. The van der Waals surface area contributed by atoms with Crippen molar-refractivity contribution in [3.8, 4) is 6.07 Å². The first-order valence-electron chi connectivity index (χ1n) is 6.11. The molecular formula is C14H14N4O2S. The molecule has 0 saturated carbocycles. The van der Waals surface area contributed by atoms with Crippen LogP contribution in [0.1, 0.15) is 11.1 Å². The molecule has 2 N–H and O–H groups in total. The van der Waals surface area contributed by atoms with Gasteiger partial charge in [0.1, 0.15) is 10.7 Å². The van der Waals surface area contributed by atoms with Crippen molar-refractivity contribution in [2.75, 3.05) is 12.8 Å². The first kappa shape index (κ1) is 15.0. The largest absolute Gasteiger partial charge is 0.383 e. The second-order valence-electron chi connectivity index (χ2n) is 4.46. The molecule has 2 aromatic rings. The van der Waals surface area contributed by atoms with E-state index < -0.39 is 10.0 Å². The fourth-order valence-corrected chi connectivity index (χ4v) is 3.04. The summed E-state index contributed by atoms with van der Waals surface area (Å²) in [5, 5.41) is 8.74. The highest BCUT2D eigenvalue weighted by Crippen LogP contribution is 2.20. The van der Waals surface area contributed by atoms with E-state index in [2.05, 4.69) is 4.98 Å². The van der Waals surface area contributed by atoms with Crippen LogP contribution < -0.4 is 5.73 Å². The van der Waals surface area contributed by atoms with Gasteiger partial charge >= 0.3 is 0 Å². The molecule has 0 atom stereocenters. The SMILES string of the molecule is CN(Cc1ccc(C#N)cc1)S(=O)(=O)c1cccnc1N. The average molecular weight is 302 g/mol. The Labute approximate surface area is 123 Å². The van der Waals surface area contributed by atoms with Crippen molar-refractivity contribution in [1.29, 1.82) is 5.26 Å². The number of anilines is 1. The lowest BCUT2D eigenvalue weighted by Gasteiger charge is -2.18. The summed E-state index contributed by atoms with van der Waals surface area (Å²) in [4.78, 5) is 3.78. The van der Waals surface area contributed by atoms with E-state index in [1.165, 1.54) is 29.7 Å². The molecular weight excluding hydrogens is 288 g/mol. The summed E-state index contributed by atoms with van der Waals surface area (Å²) >= 11 is 0. The highest BCUT2D eigenvalue weighted by molar-refractivity contribution is 7.89. The van der Waals surface area contributed by atoms with Crippen LogP contribution in [0, 0.1) is 11.3 Å². The van der Waals surface area contributed by atoms with Gasteiger partial charge in [-0.2, -0.15) is 9.57 Å². The third kappa shape index (κ3) is 3.18. The smallest absolute Gasteiger partial charge is 0.246 e. The lowest BCUT2D eigenvalue weighted by molar-refractivity contribution is 0.467. The Hall–Kier alpha value is -2.43. The second-order valence-corrected chi connectivity index (χ2v) is 6.47. The number of pyridine rings is 1. The summed E-state index contributed by atoms with van der Waals surface area (Å²) < 4.78 is 26.1. The summed E-state index contributed by atoms with van der Waals surface area (Å²) in [5.74, 6) is -0.0239. The molecule has 0 amide bonds. The normalized spacial score (nSPS) is 11.3. The molecule has 7 heteroatoms. The Morgan fingerprint density at radius 2 is 1.95 bits per heavy atom. The Morgan fingerprint density at radius 3 is 2.52 bits per heavy atom. The van der Waals surface area contributed by atoms with Gasteiger partial charge in [0.15, 0.2) is 0 Å². The Morgan fingerprint density at radius 1 is 1.29 bits per heavy atom. The highest BCUT2D eigenvalue weighted by Gasteiger charge is 2.23. The van der Waals surface area contributed by atoms with E-state index in [-0.39, 0.29) is 17.3 Å². The molecule has 1 aromatic heterocycles. The van der Waals surface area contributed by atoms with Crippen molar-refractivity contribution in [3.05, 3.63) is 53.7 Å². The van der Waals surface area contributed by atoms with E-state index in [4.69, 9.17) is 11.0 Å². The minimum absolute atomic E-state index is 0.0128. The minimum Gasteiger partial charge on any atom is -0.383 e. The van der Waals surface area contributed by atoms with Gasteiger partial charge in [-0.25, -0.2) is 13.4 Å². The number of hydrogen-bond donors (Lipinski definition) is 1. The van der Waals surface area contributed by atoms with Gasteiger partial charge in [-0.3, -0.25) is 0 Å². The summed E-state index contributed by atoms with van der Waals surface area (Å²) in [6.45, 7) is 0.183. The van der Waals surface area contributed by atoms with Crippen LogP contribution in [0.2, 0.25) is 0 Å². The van der Waals surface area contributed by atoms with E-state index in [1.807, 2.05) is 6.07 Å². The molecule has 0 saturated heterocycles. The standard InChI is InChI=1S/C14H14N4O2S/c1-18(10-12-6-4-11(9-15)5-7-12)21(19,20)13-3-2-8-17-14(13)16/h2-8H,10H2,1H3,(H2,16,17). The number of nitrogens with zero attached hydrogens (tertiary/aromatic N) is 3. The van der Waals surface area contributed by atoms with Gasteiger partial charge in [0.05, 0.1) is 11.6 Å². The number of nitriles is 1. The molecule has 21 heavy (non-hydrogen) atoms. The summed E-state index contributed by atoms with van der Waals surface area (Å²) in [7, 11) is -2.23. The van der Waals surface area contributed by atoms with Gasteiger partial charge in [-0.1, -0.05) is 12.1 Å². The lowest BCUT2D eigenvalue weighted by Crippen LogP contribution is -2.27. The van der Waals surface area contributed by atoms with E-state index >= 15 is 0 Å². The molecule has 108 valence electrons. The first-order valence-corrected chi connectivity index (χ1v) is 7.55. The molecule has 0 bridgehead atoms. The highest BCUT2D eigenvalue weighted by atomic mass is 32.2. The third-order valence-electron chi connectivity index (χ3n) is 2.98. The van der Waals surface area contributed by atoms with Gasteiger partial charge in [-0.15, -0.1) is 0 Å². The van der Waals surface area contributed by atoms with Crippen LogP contribution in [0.5, 0.6) is 0 Å². The maximum absolute atomic E-state index is 12.4. The molecule has 0 aliphatic heterocycles. The zero-order valence-electron chi connectivity index (χ0n) is 11.4. The molecule has 1 aromatic carbocycles. The minimum atomic E-state index is -3.70. The topological polar surface area (TPSA) is 100 Å². The fraction of sp³-hybridized carbons (Fsp3) is 0.143. The predicted octanol–water partition coefficient (Wildman–Crippen LogP) is 1.36. The van der Waals surface area contributed by atoms with Crippen LogP contribution in [0.15, 0.2) is 47.5 Å². The molecule has 6 nitrogen and oxygen atoms in total. The molecule has 0 aliphatic carbocycles. The molecule has 0 unspecified atom stereocenters. The third-order valence-corrected chi connectivity index (χ3v) is 4.83. The number of sulfonamides is 1. The van der Waals surface area contributed by atoms with Gasteiger partial charge in [0.2, 0.25) is 10.0 Å². The summed E-state index contributed by atoms with van der Waals surface area (Å²) in [5.41, 5.74) is 6.93. The monoisotopic (exact) mass is 302 g/mol. The molecule has 0 fully saturated rings. The number of hydrogen-bond acceptors (Lipinski definition) is 5. The summed E-state index contributed by atoms with van der Waals surface area (Å²) in [6.07, 6.45) is 1.44. The van der Waals surface area contributed by atoms with Gasteiger partial charge in [0.25, 0.3) is 0 Å². The Bertz CT molecular complexity index is 779. The second kappa shape index (κ2) is 5.91. The van der Waals surface area contributed by atoms with Crippen molar-refractivity contribution >= 4 is 15.8 Å². The van der Waals surface area contributed by atoms with E-state index in [9.17, 15) is 8.42 Å². The van der Waals surface area contributed by atoms with Crippen LogP contribution in [0.3, 0.4) is 0 Å². The van der Waals surface area contributed by atoms with Gasteiger partial charge in [0, 0.05) is 19.8 Å². The number of rotatable bonds is 4. The van der Waals surface area contributed by atoms with Gasteiger partial charge in [-0.05, 0) is 29.8 Å². The number of benzene rings is 1. The van der Waals surface area contributed by atoms with Crippen molar-refractivity contribution in [2.45, 2.75) is 11.4 Å². The summed E-state index contributed by atoms with van der Waals surface area (Å²) in [6, 6.07) is 11.7. The number of nitrogens with two attached hydrogens (primary N) is 1.